The van der Waals surface area contributed by atoms with Gasteiger partial charge in [-0.25, -0.2) is 0 Å². The van der Waals surface area contributed by atoms with Crippen molar-refractivity contribution >= 4 is 11.9 Å². The first-order chi connectivity index (χ1) is 11.2. The summed E-state index contributed by atoms with van der Waals surface area (Å²) >= 11 is 0. The lowest BCUT2D eigenvalue weighted by atomic mass is 10.2. The summed E-state index contributed by atoms with van der Waals surface area (Å²) < 4.78 is 10.8. The number of unbranched alkanes of at least 4 members (excludes halogenated alkanes) is 1. The summed E-state index contributed by atoms with van der Waals surface area (Å²) in [4.78, 5) is 0. The zero-order valence-corrected chi connectivity index (χ0v) is 13.2. The molecule has 0 aliphatic carbocycles. The maximum Gasteiger partial charge on any atom is 0.146 e. The van der Waals surface area contributed by atoms with E-state index in [4.69, 9.17) is 9.47 Å². The van der Waals surface area contributed by atoms with Gasteiger partial charge in [0.2, 0.25) is 0 Å². The standard InChI is InChI=1S/C16H23N3O4/c1-2-3-9-22-11-13(20)12-23-14-5-6-15(16(21)10-14)19-17-7-4-8-18-19/h4-8,10,13,17,20-21H,2-3,9,11-12H2,1H3. The number of allylic oxidation sites excluding steroid dienone is 1. The van der Waals surface area contributed by atoms with E-state index in [1.54, 1.807) is 30.6 Å². The number of rotatable bonds is 9. The molecule has 0 amide bonds. The minimum atomic E-state index is -0.702. The summed E-state index contributed by atoms with van der Waals surface area (Å²) in [5.74, 6) is 0.492. The number of hydrogen-bond acceptors (Lipinski definition) is 7. The highest BCUT2D eigenvalue weighted by molar-refractivity contribution is 5.74. The van der Waals surface area contributed by atoms with Gasteiger partial charge in [0.05, 0.1) is 12.8 Å². The van der Waals surface area contributed by atoms with Crippen molar-refractivity contribution < 1.29 is 19.7 Å². The van der Waals surface area contributed by atoms with Crippen LogP contribution in [0.3, 0.4) is 0 Å². The molecule has 0 spiro atoms. The van der Waals surface area contributed by atoms with Crippen molar-refractivity contribution in [2.75, 3.05) is 24.9 Å². The number of aliphatic hydroxyl groups is 1. The number of nitrogens with zero attached hydrogens (tertiary/aromatic N) is 2. The molecule has 1 aliphatic rings. The second-order valence-electron chi connectivity index (χ2n) is 5.11. The Bertz CT molecular complexity index is 548. The van der Waals surface area contributed by atoms with Crippen molar-refractivity contribution in [2.24, 2.45) is 5.10 Å². The zero-order valence-electron chi connectivity index (χ0n) is 13.2. The van der Waals surface area contributed by atoms with Crippen LogP contribution >= 0.6 is 0 Å². The number of hydrogen-bond donors (Lipinski definition) is 3. The predicted molar refractivity (Wildman–Crippen MR) is 88.6 cm³/mol. The molecule has 3 N–H and O–H groups in total. The van der Waals surface area contributed by atoms with E-state index in [1.165, 1.54) is 11.2 Å². The fourth-order valence-corrected chi connectivity index (χ4v) is 1.91. The highest BCUT2D eigenvalue weighted by atomic mass is 16.5. The molecule has 0 bridgehead atoms. The second-order valence-corrected chi connectivity index (χ2v) is 5.11. The fourth-order valence-electron chi connectivity index (χ4n) is 1.91. The van der Waals surface area contributed by atoms with Gasteiger partial charge in [-0.2, -0.15) is 10.2 Å². The highest BCUT2D eigenvalue weighted by Crippen LogP contribution is 2.31. The number of phenols is 1. The molecule has 2 rings (SSSR count). The lowest BCUT2D eigenvalue weighted by molar-refractivity contribution is 0.0113. The lowest BCUT2D eigenvalue weighted by Crippen LogP contribution is -2.30. The van der Waals surface area contributed by atoms with E-state index in [1.807, 2.05) is 0 Å². The van der Waals surface area contributed by atoms with Crippen molar-refractivity contribution in [1.82, 2.24) is 5.43 Å². The third-order valence-corrected chi connectivity index (χ3v) is 3.13. The maximum atomic E-state index is 10.1. The van der Waals surface area contributed by atoms with E-state index in [2.05, 4.69) is 17.5 Å². The Morgan fingerprint density at radius 1 is 1.35 bits per heavy atom. The van der Waals surface area contributed by atoms with Crippen LogP contribution in [0.4, 0.5) is 5.69 Å². The molecule has 1 aromatic carbocycles. The van der Waals surface area contributed by atoms with E-state index in [0.717, 1.165) is 12.8 Å². The van der Waals surface area contributed by atoms with Crippen LogP contribution in [0.1, 0.15) is 19.8 Å². The molecule has 1 heterocycles. The van der Waals surface area contributed by atoms with Gasteiger partial charge in [-0.15, -0.1) is 0 Å². The van der Waals surface area contributed by atoms with Gasteiger partial charge in [0.15, 0.2) is 0 Å². The van der Waals surface area contributed by atoms with Crippen molar-refractivity contribution in [2.45, 2.75) is 25.9 Å². The molecular weight excluding hydrogens is 298 g/mol. The molecule has 1 unspecified atom stereocenters. The number of phenolic OH excluding ortho intramolecular Hbond substituents is 1. The molecule has 7 heteroatoms. The number of anilines is 1. The van der Waals surface area contributed by atoms with Crippen LogP contribution in [-0.2, 0) is 4.74 Å². The Balaban J connectivity index is 1.81. The number of benzene rings is 1. The van der Waals surface area contributed by atoms with E-state index in [0.29, 0.717) is 18.0 Å². The summed E-state index contributed by atoms with van der Waals surface area (Å²) in [6.07, 6.45) is 6.39. The number of aliphatic hydroxyl groups excluding tert-OH is 1. The summed E-state index contributed by atoms with van der Waals surface area (Å²) in [5.41, 5.74) is 3.38. The number of hydrazone groups is 1. The molecule has 126 valence electrons. The topological polar surface area (TPSA) is 86.5 Å². The Kier molecular flexibility index (Phi) is 6.71. The Morgan fingerprint density at radius 3 is 2.91 bits per heavy atom. The lowest BCUT2D eigenvalue weighted by Gasteiger charge is -2.21. The van der Waals surface area contributed by atoms with Crippen LogP contribution in [0.25, 0.3) is 0 Å². The van der Waals surface area contributed by atoms with E-state index in [-0.39, 0.29) is 19.0 Å². The van der Waals surface area contributed by atoms with Gasteiger partial charge in [0.25, 0.3) is 0 Å². The monoisotopic (exact) mass is 321 g/mol. The van der Waals surface area contributed by atoms with Crippen LogP contribution in [0.2, 0.25) is 0 Å². The smallest absolute Gasteiger partial charge is 0.146 e. The molecule has 0 aromatic heterocycles. The molecule has 7 nitrogen and oxygen atoms in total. The quantitative estimate of drug-likeness (QED) is 0.601. The molecule has 0 saturated carbocycles. The Morgan fingerprint density at radius 2 is 2.22 bits per heavy atom. The van der Waals surface area contributed by atoms with Crippen molar-refractivity contribution in [3.05, 3.63) is 30.5 Å². The van der Waals surface area contributed by atoms with Gasteiger partial charge in [-0.1, -0.05) is 13.3 Å². The second kappa shape index (κ2) is 9.02. The van der Waals surface area contributed by atoms with Gasteiger partial charge in [-0.05, 0) is 24.6 Å². The van der Waals surface area contributed by atoms with Gasteiger partial charge >= 0.3 is 0 Å². The van der Waals surface area contributed by atoms with Gasteiger partial charge in [0, 0.05) is 18.9 Å². The molecule has 0 fully saturated rings. The van der Waals surface area contributed by atoms with Crippen molar-refractivity contribution in [1.29, 1.82) is 0 Å². The third-order valence-electron chi connectivity index (χ3n) is 3.13. The number of aromatic hydroxyl groups is 1. The van der Waals surface area contributed by atoms with Crippen LogP contribution in [0.5, 0.6) is 11.5 Å². The largest absolute Gasteiger partial charge is 0.505 e. The molecular formula is C16H23N3O4. The highest BCUT2D eigenvalue weighted by Gasteiger charge is 2.12. The average Bonchev–Trinajstić information content (AvgIpc) is 2.58. The van der Waals surface area contributed by atoms with Crippen molar-refractivity contribution in [3.63, 3.8) is 0 Å². The minimum Gasteiger partial charge on any atom is -0.505 e. The Hall–Kier alpha value is -2.25. The first kappa shape index (κ1) is 17.1. The van der Waals surface area contributed by atoms with E-state index >= 15 is 0 Å². The number of nitrogens with one attached hydrogen (secondary N) is 1. The predicted octanol–water partition coefficient (Wildman–Crippen LogP) is 1.77. The summed E-state index contributed by atoms with van der Waals surface area (Å²) in [5, 5.41) is 25.3. The van der Waals surface area contributed by atoms with Gasteiger partial charge in [-0.3, -0.25) is 5.43 Å². The van der Waals surface area contributed by atoms with E-state index < -0.39 is 6.10 Å². The maximum absolute atomic E-state index is 10.1. The minimum absolute atomic E-state index is 0.0242. The average molecular weight is 321 g/mol. The summed E-state index contributed by atoms with van der Waals surface area (Å²) in [7, 11) is 0. The van der Waals surface area contributed by atoms with Crippen molar-refractivity contribution in [3.8, 4) is 11.5 Å². The van der Waals surface area contributed by atoms with Crippen LogP contribution in [-0.4, -0.2) is 42.4 Å². The third kappa shape index (κ3) is 5.46. The molecule has 1 aromatic rings. The van der Waals surface area contributed by atoms with Gasteiger partial charge in [0.1, 0.15) is 29.9 Å². The first-order valence-corrected chi connectivity index (χ1v) is 7.67. The van der Waals surface area contributed by atoms with Gasteiger partial charge < -0.3 is 19.7 Å². The molecule has 23 heavy (non-hydrogen) atoms. The Labute approximate surface area is 135 Å². The number of ether oxygens (including phenoxy) is 2. The van der Waals surface area contributed by atoms with E-state index in [9.17, 15) is 10.2 Å². The summed E-state index contributed by atoms with van der Waals surface area (Å²) in [6, 6.07) is 4.86. The van der Waals surface area contributed by atoms with Crippen LogP contribution in [0.15, 0.2) is 35.6 Å². The molecule has 0 radical (unpaired) electrons. The van der Waals surface area contributed by atoms with Crippen LogP contribution in [0, 0.1) is 0 Å². The summed E-state index contributed by atoms with van der Waals surface area (Å²) in [6.45, 7) is 3.07. The van der Waals surface area contributed by atoms with Crippen LogP contribution < -0.4 is 15.3 Å². The molecule has 1 aliphatic heterocycles. The SMILES string of the molecule is CCCCOCC(O)COc1ccc(N2N=CC=CN2)c(O)c1. The number of hydrazine groups is 1. The fraction of sp³-hybridized carbons (Fsp3) is 0.438. The first-order valence-electron chi connectivity index (χ1n) is 7.67. The normalized spacial score (nSPS) is 14.6. The molecule has 1 atom stereocenters. The molecule has 0 saturated heterocycles. The zero-order chi connectivity index (χ0) is 16.5.